The van der Waals surface area contributed by atoms with Crippen molar-refractivity contribution in [3.63, 3.8) is 0 Å². The molecular formula is C44H74O3. The van der Waals surface area contributed by atoms with Gasteiger partial charge in [0.25, 0.3) is 0 Å². The number of benzene rings is 1. The summed E-state index contributed by atoms with van der Waals surface area (Å²) in [5.41, 5.74) is 1.90. The molecule has 268 valence electrons. The first-order valence-electron chi connectivity index (χ1n) is 19.8. The van der Waals surface area contributed by atoms with Gasteiger partial charge in [0.1, 0.15) is 11.5 Å². The van der Waals surface area contributed by atoms with E-state index in [0.29, 0.717) is 6.61 Å². The van der Waals surface area contributed by atoms with Gasteiger partial charge in [-0.2, -0.15) is 0 Å². The van der Waals surface area contributed by atoms with E-state index < -0.39 is 0 Å². The fraction of sp³-hybridized carbons (Fsp3) is 0.682. The summed E-state index contributed by atoms with van der Waals surface area (Å²) in [6.45, 7) is 7.99. The summed E-state index contributed by atoms with van der Waals surface area (Å²) in [6, 6.07) is 4.01. The number of aryl methyl sites for hydroxylation is 1. The van der Waals surface area contributed by atoms with Crippen molar-refractivity contribution in [2.45, 2.75) is 181 Å². The Morgan fingerprint density at radius 3 is 1.28 bits per heavy atom. The third-order valence-corrected chi connectivity index (χ3v) is 8.73. The first kappa shape index (κ1) is 42.8. The zero-order valence-electron chi connectivity index (χ0n) is 31.1. The van der Waals surface area contributed by atoms with Crippen LogP contribution in [0.25, 0.3) is 0 Å². The van der Waals surface area contributed by atoms with Crippen LogP contribution in [0, 0.1) is 6.92 Å². The summed E-state index contributed by atoms with van der Waals surface area (Å²) in [4.78, 5) is 0. The van der Waals surface area contributed by atoms with Crippen molar-refractivity contribution in [3.05, 3.63) is 71.9 Å². The molecule has 0 aliphatic heterocycles. The van der Waals surface area contributed by atoms with Gasteiger partial charge in [0.05, 0.1) is 19.8 Å². The molecule has 0 heterocycles. The van der Waals surface area contributed by atoms with E-state index in [0.717, 1.165) is 54.9 Å². The standard InChI is InChI=1S/C44H74O3/c1-4-6-8-10-12-14-16-18-20-22-24-26-28-30-32-34-36-46-43-39-42(40-45)44(38-41(43)3)47-37-35-33-31-29-27-25-23-21-19-17-15-13-11-9-7-5-2/h12-15,18-21,38-39,45H,4-11,16-17,22-37,40H2,1-3H3/b14-12-,15-13-,20-18-,21-19-. The van der Waals surface area contributed by atoms with Crippen LogP contribution in [0.5, 0.6) is 11.5 Å². The van der Waals surface area contributed by atoms with Crippen LogP contribution in [0.4, 0.5) is 0 Å². The molecule has 1 aromatic rings. The van der Waals surface area contributed by atoms with E-state index in [9.17, 15) is 5.11 Å². The largest absolute Gasteiger partial charge is 0.493 e. The Morgan fingerprint density at radius 1 is 0.468 bits per heavy atom. The minimum atomic E-state index is -0.0272. The van der Waals surface area contributed by atoms with Crippen molar-refractivity contribution in [3.8, 4) is 11.5 Å². The second-order valence-corrected chi connectivity index (χ2v) is 13.2. The molecule has 0 amide bonds. The normalized spacial score (nSPS) is 12.1. The number of aliphatic hydroxyl groups excluding tert-OH is 1. The lowest BCUT2D eigenvalue weighted by Crippen LogP contribution is -2.04. The van der Waals surface area contributed by atoms with Crippen LogP contribution < -0.4 is 9.47 Å². The zero-order chi connectivity index (χ0) is 33.9. The maximum Gasteiger partial charge on any atom is 0.125 e. The SMILES string of the molecule is CCCCC/C=C\C/C=C\CCCCCCCCOc1cc(CO)c(OCCCCCCCC/C=C\C/C=C\CCCCC)cc1C. The zero-order valence-corrected chi connectivity index (χ0v) is 31.1. The van der Waals surface area contributed by atoms with Gasteiger partial charge < -0.3 is 14.6 Å². The van der Waals surface area contributed by atoms with E-state index in [4.69, 9.17) is 9.47 Å². The molecule has 0 unspecified atom stereocenters. The number of aliphatic hydroxyl groups is 1. The molecule has 0 fully saturated rings. The second-order valence-electron chi connectivity index (χ2n) is 13.2. The van der Waals surface area contributed by atoms with Gasteiger partial charge in [0, 0.05) is 5.56 Å². The van der Waals surface area contributed by atoms with Crippen molar-refractivity contribution in [2.75, 3.05) is 13.2 Å². The van der Waals surface area contributed by atoms with Gasteiger partial charge in [-0.15, -0.1) is 0 Å². The lowest BCUT2D eigenvalue weighted by molar-refractivity contribution is 0.256. The fourth-order valence-electron chi connectivity index (χ4n) is 5.66. The highest BCUT2D eigenvalue weighted by molar-refractivity contribution is 5.45. The molecule has 0 saturated heterocycles. The molecule has 0 bridgehead atoms. The number of allylic oxidation sites excluding steroid dienone is 8. The van der Waals surface area contributed by atoms with E-state index in [1.165, 1.54) is 128 Å². The quantitative estimate of drug-likeness (QED) is 0.0608. The Bertz CT molecular complexity index is 942. The van der Waals surface area contributed by atoms with E-state index in [2.05, 4.69) is 69.4 Å². The summed E-state index contributed by atoms with van der Waals surface area (Å²) < 4.78 is 12.2. The van der Waals surface area contributed by atoms with Gasteiger partial charge in [0.2, 0.25) is 0 Å². The molecule has 1 rings (SSSR count). The molecule has 3 heteroatoms. The third-order valence-electron chi connectivity index (χ3n) is 8.73. The molecule has 0 spiro atoms. The van der Waals surface area contributed by atoms with Crippen LogP contribution in [0.1, 0.15) is 179 Å². The maximum atomic E-state index is 9.95. The van der Waals surface area contributed by atoms with Crippen LogP contribution >= 0.6 is 0 Å². The molecule has 0 aliphatic rings. The molecule has 0 radical (unpaired) electrons. The molecule has 0 aromatic heterocycles. The third kappa shape index (κ3) is 26.4. The Balaban J connectivity index is 2.06. The van der Waals surface area contributed by atoms with Crippen molar-refractivity contribution in [1.82, 2.24) is 0 Å². The first-order chi connectivity index (χ1) is 23.2. The fourth-order valence-corrected chi connectivity index (χ4v) is 5.66. The molecule has 0 atom stereocenters. The molecular weight excluding hydrogens is 576 g/mol. The van der Waals surface area contributed by atoms with Crippen molar-refractivity contribution >= 4 is 0 Å². The maximum absolute atomic E-state index is 9.95. The molecule has 3 nitrogen and oxygen atoms in total. The van der Waals surface area contributed by atoms with Gasteiger partial charge in [-0.3, -0.25) is 0 Å². The monoisotopic (exact) mass is 651 g/mol. The highest BCUT2D eigenvalue weighted by Crippen LogP contribution is 2.29. The van der Waals surface area contributed by atoms with Crippen LogP contribution in [-0.4, -0.2) is 18.3 Å². The summed E-state index contributed by atoms with van der Waals surface area (Å²) in [5.74, 6) is 1.67. The average molecular weight is 651 g/mol. The smallest absolute Gasteiger partial charge is 0.125 e. The van der Waals surface area contributed by atoms with Crippen molar-refractivity contribution in [1.29, 1.82) is 0 Å². The van der Waals surface area contributed by atoms with E-state index in [1.54, 1.807) is 0 Å². The number of rotatable bonds is 33. The van der Waals surface area contributed by atoms with Gasteiger partial charge in [-0.25, -0.2) is 0 Å². The molecule has 0 saturated carbocycles. The highest BCUT2D eigenvalue weighted by atomic mass is 16.5. The summed E-state index contributed by atoms with van der Waals surface area (Å²) in [5, 5.41) is 9.95. The minimum absolute atomic E-state index is 0.0272. The predicted molar refractivity (Wildman–Crippen MR) is 207 cm³/mol. The van der Waals surface area contributed by atoms with E-state index in [-0.39, 0.29) is 6.61 Å². The Hall–Kier alpha value is -2.26. The van der Waals surface area contributed by atoms with Gasteiger partial charge in [-0.05, 0) is 102 Å². The lowest BCUT2D eigenvalue weighted by Gasteiger charge is -2.15. The number of ether oxygens (including phenoxy) is 2. The van der Waals surface area contributed by atoms with Gasteiger partial charge >= 0.3 is 0 Å². The minimum Gasteiger partial charge on any atom is -0.493 e. The van der Waals surface area contributed by atoms with Crippen LogP contribution in [-0.2, 0) is 6.61 Å². The molecule has 47 heavy (non-hydrogen) atoms. The Labute approximate surface area is 292 Å². The van der Waals surface area contributed by atoms with Crippen molar-refractivity contribution < 1.29 is 14.6 Å². The molecule has 0 aliphatic carbocycles. The predicted octanol–water partition coefficient (Wildman–Crippen LogP) is 13.9. The topological polar surface area (TPSA) is 38.7 Å². The van der Waals surface area contributed by atoms with Gasteiger partial charge in [-0.1, -0.05) is 140 Å². The van der Waals surface area contributed by atoms with Crippen LogP contribution in [0.3, 0.4) is 0 Å². The average Bonchev–Trinajstić information content (AvgIpc) is 3.08. The number of hydrogen-bond donors (Lipinski definition) is 1. The van der Waals surface area contributed by atoms with Crippen LogP contribution in [0.2, 0.25) is 0 Å². The molecule has 1 N–H and O–H groups in total. The molecule has 1 aromatic carbocycles. The van der Waals surface area contributed by atoms with E-state index in [1.807, 2.05) is 12.1 Å². The summed E-state index contributed by atoms with van der Waals surface area (Å²) in [7, 11) is 0. The lowest BCUT2D eigenvalue weighted by atomic mass is 10.1. The Morgan fingerprint density at radius 2 is 0.851 bits per heavy atom. The second kappa shape index (κ2) is 33.6. The summed E-state index contributed by atoms with van der Waals surface area (Å²) >= 11 is 0. The van der Waals surface area contributed by atoms with Crippen LogP contribution in [0.15, 0.2) is 60.7 Å². The van der Waals surface area contributed by atoms with Crippen molar-refractivity contribution in [2.24, 2.45) is 0 Å². The summed E-state index contributed by atoms with van der Waals surface area (Å²) in [6.07, 6.45) is 48.5. The van der Waals surface area contributed by atoms with E-state index >= 15 is 0 Å². The first-order valence-corrected chi connectivity index (χ1v) is 19.8. The highest BCUT2D eigenvalue weighted by Gasteiger charge is 2.09. The Kier molecular flexibility index (Phi) is 30.6. The van der Waals surface area contributed by atoms with Gasteiger partial charge in [0.15, 0.2) is 0 Å². The number of hydrogen-bond acceptors (Lipinski definition) is 3. The number of unbranched alkanes of at least 4 members (excludes halogenated alkanes) is 18.